The Labute approximate surface area is 120 Å². The van der Waals surface area contributed by atoms with Crippen molar-refractivity contribution in [2.24, 2.45) is 5.92 Å². The smallest absolute Gasteiger partial charge is 0.303 e. The molecule has 0 saturated carbocycles. The van der Waals surface area contributed by atoms with Crippen LogP contribution in [0, 0.1) is 19.8 Å². The van der Waals surface area contributed by atoms with Gasteiger partial charge in [-0.3, -0.25) is 9.59 Å². The summed E-state index contributed by atoms with van der Waals surface area (Å²) in [6, 6.07) is 5.66. The van der Waals surface area contributed by atoms with Crippen molar-refractivity contribution >= 4 is 11.9 Å². The van der Waals surface area contributed by atoms with Gasteiger partial charge in [0.2, 0.25) is 0 Å². The number of aliphatic carboxylic acids is 1. The maximum atomic E-state index is 12.0. The molecule has 0 fully saturated rings. The summed E-state index contributed by atoms with van der Waals surface area (Å²) in [4.78, 5) is 22.4. The van der Waals surface area contributed by atoms with Crippen LogP contribution in [-0.2, 0) is 4.79 Å². The predicted octanol–water partition coefficient (Wildman–Crippen LogP) is 2.92. The fourth-order valence-corrected chi connectivity index (χ4v) is 1.93. The number of nitrogens with one attached hydrogen (secondary N) is 1. The lowest BCUT2D eigenvalue weighted by Crippen LogP contribution is -2.25. The Hall–Kier alpha value is -1.84. The molecule has 2 N–H and O–H groups in total. The lowest BCUT2D eigenvalue weighted by atomic mass is 10.0. The highest BCUT2D eigenvalue weighted by atomic mass is 16.4. The molecule has 1 unspecified atom stereocenters. The molecule has 4 nitrogen and oxygen atoms in total. The summed E-state index contributed by atoms with van der Waals surface area (Å²) in [6.07, 6.45) is 1.63. The minimum absolute atomic E-state index is 0.0708. The van der Waals surface area contributed by atoms with Gasteiger partial charge in [-0.2, -0.15) is 0 Å². The quantitative estimate of drug-likeness (QED) is 0.805. The Morgan fingerprint density at radius 3 is 2.50 bits per heavy atom. The Morgan fingerprint density at radius 1 is 1.20 bits per heavy atom. The van der Waals surface area contributed by atoms with Crippen LogP contribution < -0.4 is 5.32 Å². The van der Waals surface area contributed by atoms with Gasteiger partial charge in [-0.1, -0.05) is 13.0 Å². The second-order valence-corrected chi connectivity index (χ2v) is 5.38. The van der Waals surface area contributed by atoms with Crippen molar-refractivity contribution in [3.8, 4) is 0 Å². The van der Waals surface area contributed by atoms with Gasteiger partial charge in [-0.15, -0.1) is 0 Å². The molecule has 0 aliphatic heterocycles. The minimum Gasteiger partial charge on any atom is -0.481 e. The van der Waals surface area contributed by atoms with Gasteiger partial charge in [-0.25, -0.2) is 0 Å². The van der Waals surface area contributed by atoms with E-state index in [1.165, 1.54) is 5.56 Å². The van der Waals surface area contributed by atoms with Crippen LogP contribution in [0.25, 0.3) is 0 Å². The maximum absolute atomic E-state index is 12.0. The van der Waals surface area contributed by atoms with Gasteiger partial charge in [0.15, 0.2) is 0 Å². The van der Waals surface area contributed by atoms with Gasteiger partial charge < -0.3 is 10.4 Å². The number of benzene rings is 1. The summed E-state index contributed by atoms with van der Waals surface area (Å²) in [6.45, 7) is 6.58. The molecule has 0 aromatic heterocycles. The highest BCUT2D eigenvalue weighted by molar-refractivity contribution is 5.94. The Balaban J connectivity index is 2.36. The third-order valence-corrected chi connectivity index (χ3v) is 3.54. The summed E-state index contributed by atoms with van der Waals surface area (Å²) in [5.74, 6) is -0.541. The van der Waals surface area contributed by atoms with Crippen molar-refractivity contribution in [2.75, 3.05) is 6.54 Å². The molecule has 0 bridgehead atoms. The zero-order chi connectivity index (χ0) is 15.1. The average molecular weight is 277 g/mol. The molecule has 1 amide bonds. The third kappa shape index (κ3) is 5.43. The molecule has 1 rings (SSSR count). The Bertz CT molecular complexity index is 483. The molecule has 110 valence electrons. The van der Waals surface area contributed by atoms with Gasteiger partial charge in [0.1, 0.15) is 0 Å². The lowest BCUT2D eigenvalue weighted by molar-refractivity contribution is -0.137. The van der Waals surface area contributed by atoms with Gasteiger partial charge in [0.05, 0.1) is 0 Å². The number of hydrogen-bond acceptors (Lipinski definition) is 2. The fourth-order valence-electron chi connectivity index (χ4n) is 1.93. The third-order valence-electron chi connectivity index (χ3n) is 3.54. The van der Waals surface area contributed by atoms with Crippen molar-refractivity contribution in [3.63, 3.8) is 0 Å². The fraction of sp³-hybridized carbons (Fsp3) is 0.500. The molecule has 4 heteroatoms. The van der Waals surface area contributed by atoms with Crippen molar-refractivity contribution in [2.45, 2.75) is 40.0 Å². The standard InChI is InChI=1S/C16H23NO3/c1-11(4-7-15(18)19)8-9-17-16(20)14-6-5-12(2)13(3)10-14/h5-6,10-11H,4,7-9H2,1-3H3,(H,17,20)(H,18,19). The van der Waals surface area contributed by atoms with Crippen LogP contribution in [0.2, 0.25) is 0 Å². The molecule has 1 aromatic carbocycles. The van der Waals surface area contributed by atoms with E-state index in [1.54, 1.807) is 0 Å². The van der Waals surface area contributed by atoms with Crippen molar-refractivity contribution in [3.05, 3.63) is 34.9 Å². The highest BCUT2D eigenvalue weighted by Gasteiger charge is 2.08. The zero-order valence-corrected chi connectivity index (χ0v) is 12.4. The molecule has 0 radical (unpaired) electrons. The summed E-state index contributed by atoms with van der Waals surface area (Å²) < 4.78 is 0. The second-order valence-electron chi connectivity index (χ2n) is 5.38. The molecule has 0 aliphatic rings. The van der Waals surface area contributed by atoms with Crippen LogP contribution in [0.1, 0.15) is 47.7 Å². The number of amides is 1. The second kappa shape index (κ2) is 7.68. The van der Waals surface area contributed by atoms with E-state index in [4.69, 9.17) is 5.11 Å². The molecular weight excluding hydrogens is 254 g/mol. The molecule has 20 heavy (non-hydrogen) atoms. The van der Waals surface area contributed by atoms with Crippen molar-refractivity contribution in [1.82, 2.24) is 5.32 Å². The van der Waals surface area contributed by atoms with Gasteiger partial charge in [0.25, 0.3) is 5.91 Å². The van der Waals surface area contributed by atoms with Crippen LogP contribution in [0.3, 0.4) is 0 Å². The molecule has 1 atom stereocenters. The van der Waals surface area contributed by atoms with E-state index in [2.05, 4.69) is 5.32 Å². The number of carboxylic acids is 1. The topological polar surface area (TPSA) is 66.4 Å². The van der Waals surface area contributed by atoms with Crippen molar-refractivity contribution in [1.29, 1.82) is 0 Å². The summed E-state index contributed by atoms with van der Waals surface area (Å²) in [5.41, 5.74) is 2.95. The van der Waals surface area contributed by atoms with E-state index in [0.717, 1.165) is 12.0 Å². The van der Waals surface area contributed by atoms with Crippen LogP contribution in [0.4, 0.5) is 0 Å². The zero-order valence-electron chi connectivity index (χ0n) is 12.4. The largest absolute Gasteiger partial charge is 0.481 e. The summed E-state index contributed by atoms with van der Waals surface area (Å²) in [5, 5.41) is 11.5. The van der Waals surface area contributed by atoms with Crippen LogP contribution >= 0.6 is 0 Å². The lowest BCUT2D eigenvalue weighted by Gasteiger charge is -2.11. The number of carbonyl (C=O) groups is 2. The molecule has 0 spiro atoms. The van der Waals surface area contributed by atoms with Gasteiger partial charge in [0, 0.05) is 18.5 Å². The van der Waals surface area contributed by atoms with Gasteiger partial charge in [-0.05, 0) is 55.9 Å². The molecule has 0 saturated heterocycles. The number of carboxylic acid groups (broad SMARTS) is 1. The number of hydrogen-bond donors (Lipinski definition) is 2. The van der Waals surface area contributed by atoms with E-state index in [9.17, 15) is 9.59 Å². The predicted molar refractivity (Wildman–Crippen MR) is 78.9 cm³/mol. The first-order chi connectivity index (χ1) is 9.40. The molecule has 0 heterocycles. The number of aryl methyl sites for hydroxylation is 2. The van der Waals surface area contributed by atoms with E-state index in [0.29, 0.717) is 24.4 Å². The summed E-state index contributed by atoms with van der Waals surface area (Å²) in [7, 11) is 0. The molecular formula is C16H23NO3. The number of rotatable bonds is 7. The normalized spacial score (nSPS) is 11.9. The first-order valence-corrected chi connectivity index (χ1v) is 6.97. The first kappa shape index (κ1) is 16.2. The maximum Gasteiger partial charge on any atom is 0.303 e. The minimum atomic E-state index is -0.768. The SMILES string of the molecule is Cc1ccc(C(=O)NCCC(C)CCC(=O)O)cc1C. The van der Waals surface area contributed by atoms with Crippen LogP contribution in [-0.4, -0.2) is 23.5 Å². The number of carbonyl (C=O) groups excluding carboxylic acids is 1. The van der Waals surface area contributed by atoms with Crippen LogP contribution in [0.15, 0.2) is 18.2 Å². The first-order valence-electron chi connectivity index (χ1n) is 6.97. The van der Waals surface area contributed by atoms with Crippen molar-refractivity contribution < 1.29 is 14.7 Å². The molecule has 0 aliphatic carbocycles. The Kier molecular flexibility index (Phi) is 6.22. The van der Waals surface area contributed by atoms with Gasteiger partial charge >= 0.3 is 5.97 Å². The monoisotopic (exact) mass is 277 g/mol. The highest BCUT2D eigenvalue weighted by Crippen LogP contribution is 2.11. The van der Waals surface area contributed by atoms with E-state index >= 15 is 0 Å². The van der Waals surface area contributed by atoms with Crippen LogP contribution in [0.5, 0.6) is 0 Å². The summed E-state index contributed by atoms with van der Waals surface area (Å²) >= 11 is 0. The average Bonchev–Trinajstić information content (AvgIpc) is 2.39. The van der Waals surface area contributed by atoms with E-state index in [1.807, 2.05) is 39.0 Å². The Morgan fingerprint density at radius 2 is 1.90 bits per heavy atom. The molecule has 1 aromatic rings. The van der Waals surface area contributed by atoms with E-state index in [-0.39, 0.29) is 12.3 Å². The van der Waals surface area contributed by atoms with E-state index < -0.39 is 5.97 Å².